The van der Waals surface area contributed by atoms with Crippen LogP contribution in [0.25, 0.3) is 0 Å². The fourth-order valence-electron chi connectivity index (χ4n) is 7.91. The van der Waals surface area contributed by atoms with Gasteiger partial charge in [0.1, 0.15) is 6.61 Å². The molecule has 0 saturated heterocycles. The summed E-state index contributed by atoms with van der Waals surface area (Å²) in [6, 6.07) is 0. The molecule has 5 nitrogen and oxygen atoms in total. The number of hydrogen-bond donors (Lipinski definition) is 0. The third-order valence-electron chi connectivity index (χ3n) is 12.0. The van der Waals surface area contributed by atoms with E-state index in [-0.39, 0.29) is 25.2 Å². The summed E-state index contributed by atoms with van der Waals surface area (Å²) in [7, 11) is 0. The van der Waals surface area contributed by atoms with Gasteiger partial charge < -0.3 is 14.2 Å². The van der Waals surface area contributed by atoms with Gasteiger partial charge in [-0.05, 0) is 70.6 Å². The first-order valence-electron chi connectivity index (χ1n) is 26.9. The molecule has 0 aromatic rings. The van der Waals surface area contributed by atoms with Crippen molar-refractivity contribution in [3.8, 4) is 0 Å². The topological polar surface area (TPSA) is 61.8 Å². The molecule has 0 bridgehead atoms. The molecule has 354 valence electrons. The molecule has 0 N–H and O–H groups in total. The van der Waals surface area contributed by atoms with Crippen LogP contribution in [0.2, 0.25) is 0 Å². The Kier molecular flexibility index (Phi) is 50.3. The van der Waals surface area contributed by atoms with Crippen LogP contribution in [0.4, 0.5) is 0 Å². The van der Waals surface area contributed by atoms with Gasteiger partial charge in [-0.3, -0.25) is 9.59 Å². The summed E-state index contributed by atoms with van der Waals surface area (Å²) in [5.41, 5.74) is 0. The summed E-state index contributed by atoms with van der Waals surface area (Å²) in [5.74, 6) is -0.393. The molecule has 0 aliphatic rings. The lowest BCUT2D eigenvalue weighted by Gasteiger charge is -2.18. The average Bonchev–Trinajstić information content (AvgIpc) is 3.25. The second-order valence-electron chi connectivity index (χ2n) is 18.1. The van der Waals surface area contributed by atoms with Crippen LogP contribution in [0.5, 0.6) is 0 Å². The molecule has 0 heterocycles. The Bertz CT molecular complexity index is 913. The van der Waals surface area contributed by atoms with E-state index in [1.54, 1.807) is 0 Å². The largest absolute Gasteiger partial charge is 0.462 e. The van der Waals surface area contributed by atoms with E-state index in [2.05, 4.69) is 45.1 Å². The van der Waals surface area contributed by atoms with Crippen molar-refractivity contribution >= 4 is 11.9 Å². The Balaban J connectivity index is 4.23. The highest BCUT2D eigenvalue weighted by Crippen LogP contribution is 2.16. The number of esters is 2. The Morgan fingerprint density at radius 3 is 1.03 bits per heavy atom. The van der Waals surface area contributed by atoms with E-state index >= 15 is 0 Å². The Labute approximate surface area is 375 Å². The van der Waals surface area contributed by atoms with Crippen LogP contribution in [0.3, 0.4) is 0 Å². The van der Waals surface area contributed by atoms with E-state index < -0.39 is 6.10 Å². The van der Waals surface area contributed by atoms with Crippen LogP contribution >= 0.6 is 0 Å². The summed E-state index contributed by atoms with van der Waals surface area (Å²) in [6.45, 7) is 7.84. The molecule has 0 fully saturated rings. The molecule has 0 aliphatic heterocycles. The number of rotatable bonds is 50. The lowest BCUT2D eigenvalue weighted by Crippen LogP contribution is -2.30. The smallest absolute Gasteiger partial charge is 0.306 e. The number of unbranched alkanes of at least 4 members (excludes halogenated alkanes) is 35. The van der Waals surface area contributed by atoms with Crippen LogP contribution in [-0.4, -0.2) is 37.9 Å². The number of carbonyl (C=O) groups excluding carboxylic acids is 2. The van der Waals surface area contributed by atoms with Crippen LogP contribution in [0.1, 0.15) is 290 Å². The van der Waals surface area contributed by atoms with Gasteiger partial charge in [-0.2, -0.15) is 0 Å². The number of carbonyl (C=O) groups is 2. The maximum atomic E-state index is 12.8. The van der Waals surface area contributed by atoms with E-state index in [0.717, 1.165) is 51.4 Å². The molecule has 0 radical (unpaired) electrons. The summed E-state index contributed by atoms with van der Waals surface area (Å²) >= 11 is 0. The highest BCUT2D eigenvalue weighted by atomic mass is 16.6. The first kappa shape index (κ1) is 58.4. The van der Waals surface area contributed by atoms with Crippen molar-refractivity contribution in [3.05, 3.63) is 24.3 Å². The van der Waals surface area contributed by atoms with E-state index in [1.807, 2.05) is 0 Å². The molecule has 0 rings (SSSR count). The Hall–Kier alpha value is -1.62. The molecule has 60 heavy (non-hydrogen) atoms. The number of ether oxygens (including phenoxy) is 3. The number of allylic oxidation sites excluding steroid dienone is 4. The van der Waals surface area contributed by atoms with Crippen molar-refractivity contribution in [2.75, 3.05) is 19.8 Å². The fourth-order valence-corrected chi connectivity index (χ4v) is 7.91. The first-order valence-corrected chi connectivity index (χ1v) is 26.9. The van der Waals surface area contributed by atoms with Gasteiger partial charge in [0.25, 0.3) is 0 Å². The summed E-state index contributed by atoms with van der Waals surface area (Å²) < 4.78 is 17.4. The molecule has 1 unspecified atom stereocenters. The molecule has 5 heteroatoms. The van der Waals surface area contributed by atoms with Gasteiger partial charge in [-0.25, -0.2) is 0 Å². The highest BCUT2D eigenvalue weighted by Gasteiger charge is 2.17. The quantitative estimate of drug-likeness (QED) is 0.0347. The SMILES string of the molecule is CCCCCC/C=C\CCCCCCCC(=O)OC(COCCCCCCCC/C=C\CCCCCCCC)COC(=O)CCCCCCCCCCCCCCCCC. The van der Waals surface area contributed by atoms with Gasteiger partial charge in [0.05, 0.1) is 6.61 Å². The minimum atomic E-state index is -0.537. The predicted octanol–water partition coefficient (Wildman–Crippen LogP) is 18.0. The molecule has 0 aromatic carbocycles. The maximum Gasteiger partial charge on any atom is 0.306 e. The van der Waals surface area contributed by atoms with Gasteiger partial charge in [0.15, 0.2) is 6.10 Å². The van der Waals surface area contributed by atoms with Gasteiger partial charge in [0, 0.05) is 19.4 Å². The van der Waals surface area contributed by atoms with Crippen LogP contribution in [-0.2, 0) is 23.8 Å². The monoisotopic (exact) mass is 845 g/mol. The minimum absolute atomic E-state index is 0.0862. The van der Waals surface area contributed by atoms with Crippen molar-refractivity contribution in [1.82, 2.24) is 0 Å². The van der Waals surface area contributed by atoms with Crippen molar-refractivity contribution in [3.63, 3.8) is 0 Å². The average molecular weight is 845 g/mol. The molecule has 0 saturated carbocycles. The second kappa shape index (κ2) is 51.7. The normalized spacial score (nSPS) is 12.2. The van der Waals surface area contributed by atoms with Gasteiger partial charge in [-0.1, -0.05) is 231 Å². The Morgan fingerprint density at radius 1 is 0.350 bits per heavy atom. The molecule has 0 amide bonds. The highest BCUT2D eigenvalue weighted by molar-refractivity contribution is 5.70. The summed E-state index contributed by atoms with van der Waals surface area (Å²) in [5, 5.41) is 0. The van der Waals surface area contributed by atoms with Crippen LogP contribution in [0, 0.1) is 0 Å². The van der Waals surface area contributed by atoms with Crippen molar-refractivity contribution in [2.45, 2.75) is 297 Å². The molecular formula is C55H104O5. The fraction of sp³-hybridized carbons (Fsp3) is 0.891. The maximum absolute atomic E-state index is 12.8. The molecular weight excluding hydrogens is 741 g/mol. The van der Waals surface area contributed by atoms with E-state index in [9.17, 15) is 9.59 Å². The van der Waals surface area contributed by atoms with Gasteiger partial charge >= 0.3 is 11.9 Å². The molecule has 1 atom stereocenters. The van der Waals surface area contributed by atoms with Gasteiger partial charge in [-0.15, -0.1) is 0 Å². The molecule has 0 aromatic heterocycles. The zero-order valence-corrected chi connectivity index (χ0v) is 40.7. The van der Waals surface area contributed by atoms with Gasteiger partial charge in [0.2, 0.25) is 0 Å². The van der Waals surface area contributed by atoms with E-state index in [0.29, 0.717) is 19.4 Å². The van der Waals surface area contributed by atoms with Crippen LogP contribution in [0.15, 0.2) is 24.3 Å². The zero-order chi connectivity index (χ0) is 43.5. The number of hydrogen-bond acceptors (Lipinski definition) is 5. The lowest BCUT2D eigenvalue weighted by atomic mass is 10.0. The summed E-state index contributed by atoms with van der Waals surface area (Å²) in [6.07, 6.45) is 60.4. The van der Waals surface area contributed by atoms with Crippen molar-refractivity contribution < 1.29 is 23.8 Å². The van der Waals surface area contributed by atoms with Crippen molar-refractivity contribution in [1.29, 1.82) is 0 Å². The second-order valence-corrected chi connectivity index (χ2v) is 18.1. The minimum Gasteiger partial charge on any atom is -0.462 e. The van der Waals surface area contributed by atoms with E-state index in [4.69, 9.17) is 14.2 Å². The molecule has 0 aliphatic carbocycles. The third kappa shape index (κ3) is 49.0. The van der Waals surface area contributed by atoms with Crippen LogP contribution < -0.4 is 0 Å². The third-order valence-corrected chi connectivity index (χ3v) is 12.0. The molecule has 0 spiro atoms. The van der Waals surface area contributed by atoms with Crippen molar-refractivity contribution in [2.24, 2.45) is 0 Å². The standard InChI is InChI=1S/C55H104O5/c1-4-7-10-13-16-19-22-25-27-29-32-35-38-41-44-47-50-58-51-53(60-55(57)49-46-43-40-37-34-30-24-21-18-15-12-9-6-3)52-59-54(56)48-45-42-39-36-33-31-28-26-23-20-17-14-11-8-5-2/h21,24-25,27,53H,4-20,22-23,26,28-52H2,1-3H3/b24-21-,27-25-. The summed E-state index contributed by atoms with van der Waals surface area (Å²) in [4.78, 5) is 25.4. The first-order chi connectivity index (χ1) is 29.6. The Morgan fingerprint density at radius 2 is 0.650 bits per heavy atom. The zero-order valence-electron chi connectivity index (χ0n) is 40.7. The van der Waals surface area contributed by atoms with E-state index in [1.165, 1.54) is 205 Å². The lowest BCUT2D eigenvalue weighted by molar-refractivity contribution is -0.163. The predicted molar refractivity (Wildman–Crippen MR) is 261 cm³/mol.